The lowest BCUT2D eigenvalue weighted by molar-refractivity contribution is 0.0747. The normalized spacial score (nSPS) is 15.9. The second-order valence-electron chi connectivity index (χ2n) is 6.28. The van der Waals surface area contributed by atoms with Crippen LogP contribution in [0.15, 0.2) is 82.4 Å². The van der Waals surface area contributed by atoms with Crippen LogP contribution in [0.3, 0.4) is 0 Å². The van der Waals surface area contributed by atoms with Crippen molar-refractivity contribution in [2.45, 2.75) is 5.37 Å². The van der Waals surface area contributed by atoms with Crippen molar-refractivity contribution in [3.05, 3.63) is 99.8 Å². The summed E-state index contributed by atoms with van der Waals surface area (Å²) in [5.41, 5.74) is 1.96. The SMILES string of the molecule is COc1ccccc1C1SC(c2ccc(Br)cc2)=NN1C(=O)c1cccc(F)c1. The molecule has 0 spiro atoms. The number of thioether (sulfide) groups is 1. The number of ether oxygens (including phenoxy) is 1. The zero-order chi connectivity index (χ0) is 20.4. The van der Waals surface area contributed by atoms with Gasteiger partial charge in [-0.3, -0.25) is 4.79 Å². The molecule has 4 nitrogen and oxygen atoms in total. The molecule has 0 N–H and O–H groups in total. The van der Waals surface area contributed by atoms with Crippen molar-refractivity contribution < 1.29 is 13.9 Å². The summed E-state index contributed by atoms with van der Waals surface area (Å²) >= 11 is 4.88. The van der Waals surface area contributed by atoms with Crippen LogP contribution in [0.1, 0.15) is 26.9 Å². The van der Waals surface area contributed by atoms with Crippen LogP contribution in [-0.4, -0.2) is 23.1 Å². The number of hydrogen-bond donors (Lipinski definition) is 0. The standard InChI is InChI=1S/C22H16BrFN2O2S/c1-28-19-8-3-2-7-18(19)22-26(21(27)15-5-4-6-17(24)13-15)25-20(29-22)14-9-11-16(23)12-10-14/h2-13,22H,1H3. The number of amides is 1. The Bertz CT molecular complexity index is 1090. The Morgan fingerprint density at radius 3 is 2.59 bits per heavy atom. The maximum absolute atomic E-state index is 13.7. The number of para-hydroxylation sites is 1. The van der Waals surface area contributed by atoms with Crippen LogP contribution in [0.25, 0.3) is 0 Å². The summed E-state index contributed by atoms with van der Waals surface area (Å²) in [5.74, 6) is -0.178. The highest BCUT2D eigenvalue weighted by Crippen LogP contribution is 2.45. The van der Waals surface area contributed by atoms with Crippen LogP contribution in [0.4, 0.5) is 4.39 Å². The number of benzene rings is 3. The van der Waals surface area contributed by atoms with Crippen molar-refractivity contribution in [1.29, 1.82) is 0 Å². The highest BCUT2D eigenvalue weighted by Gasteiger charge is 2.36. The number of nitrogens with zero attached hydrogens (tertiary/aromatic N) is 2. The van der Waals surface area contributed by atoms with Crippen LogP contribution >= 0.6 is 27.7 Å². The summed E-state index contributed by atoms with van der Waals surface area (Å²) in [4.78, 5) is 13.2. The second kappa shape index (κ2) is 8.39. The van der Waals surface area contributed by atoms with Gasteiger partial charge < -0.3 is 4.74 Å². The van der Waals surface area contributed by atoms with E-state index in [1.54, 1.807) is 13.2 Å². The number of halogens is 2. The van der Waals surface area contributed by atoms with Crippen molar-refractivity contribution in [2.75, 3.05) is 7.11 Å². The van der Waals surface area contributed by atoms with Crippen LogP contribution < -0.4 is 4.74 Å². The number of carbonyl (C=O) groups excluding carboxylic acids is 1. The highest BCUT2D eigenvalue weighted by atomic mass is 79.9. The largest absolute Gasteiger partial charge is 0.496 e. The van der Waals surface area contributed by atoms with E-state index in [0.29, 0.717) is 10.8 Å². The van der Waals surface area contributed by atoms with Crippen molar-refractivity contribution >= 4 is 38.6 Å². The van der Waals surface area contributed by atoms with E-state index in [-0.39, 0.29) is 11.5 Å². The molecule has 1 heterocycles. The fraction of sp³-hybridized carbons (Fsp3) is 0.0909. The molecular formula is C22H16BrFN2O2S. The second-order valence-corrected chi connectivity index (χ2v) is 8.27. The monoisotopic (exact) mass is 470 g/mol. The third-order valence-electron chi connectivity index (χ3n) is 4.42. The van der Waals surface area contributed by atoms with E-state index < -0.39 is 11.2 Å². The summed E-state index contributed by atoms with van der Waals surface area (Å²) in [6.07, 6.45) is 0. The van der Waals surface area contributed by atoms with Crippen LogP contribution in [0.2, 0.25) is 0 Å². The average Bonchev–Trinajstić information content (AvgIpc) is 3.19. The van der Waals surface area contributed by atoms with Crippen LogP contribution in [-0.2, 0) is 0 Å². The number of rotatable bonds is 4. The Morgan fingerprint density at radius 2 is 1.86 bits per heavy atom. The lowest BCUT2D eigenvalue weighted by Crippen LogP contribution is -2.26. The Labute approximate surface area is 180 Å². The van der Waals surface area contributed by atoms with E-state index in [0.717, 1.165) is 15.6 Å². The van der Waals surface area contributed by atoms with Crippen LogP contribution in [0, 0.1) is 5.82 Å². The average molecular weight is 471 g/mol. The molecule has 4 rings (SSSR count). The third-order valence-corrected chi connectivity index (χ3v) is 6.17. The Balaban J connectivity index is 1.77. The molecule has 29 heavy (non-hydrogen) atoms. The van der Waals surface area contributed by atoms with E-state index in [1.807, 2.05) is 48.5 Å². The first kappa shape index (κ1) is 19.7. The van der Waals surface area contributed by atoms with Gasteiger partial charge in [-0.15, -0.1) is 0 Å². The first-order valence-electron chi connectivity index (χ1n) is 8.80. The van der Waals surface area contributed by atoms with Crippen molar-refractivity contribution in [2.24, 2.45) is 5.10 Å². The summed E-state index contributed by atoms with van der Waals surface area (Å²) in [7, 11) is 1.59. The molecule has 0 bridgehead atoms. The zero-order valence-corrected chi connectivity index (χ0v) is 17.8. The fourth-order valence-electron chi connectivity index (χ4n) is 3.02. The van der Waals surface area contributed by atoms with Gasteiger partial charge in [-0.1, -0.05) is 64.1 Å². The van der Waals surface area contributed by atoms with Gasteiger partial charge in [-0.25, -0.2) is 9.40 Å². The molecule has 1 aliphatic rings. The third kappa shape index (κ3) is 4.06. The molecule has 0 saturated carbocycles. The quantitative estimate of drug-likeness (QED) is 0.480. The first-order valence-corrected chi connectivity index (χ1v) is 10.5. The number of hydrazone groups is 1. The molecule has 1 aliphatic heterocycles. The molecule has 146 valence electrons. The lowest BCUT2D eigenvalue weighted by Gasteiger charge is -2.22. The zero-order valence-electron chi connectivity index (χ0n) is 15.4. The van der Waals surface area contributed by atoms with Gasteiger partial charge in [0.1, 0.15) is 22.0 Å². The van der Waals surface area contributed by atoms with E-state index in [4.69, 9.17) is 4.74 Å². The van der Waals surface area contributed by atoms with Crippen LogP contribution in [0.5, 0.6) is 5.75 Å². The van der Waals surface area contributed by atoms with Crippen molar-refractivity contribution in [3.8, 4) is 5.75 Å². The van der Waals surface area contributed by atoms with Gasteiger partial charge in [0.2, 0.25) is 0 Å². The van der Waals surface area contributed by atoms with Crippen molar-refractivity contribution in [1.82, 2.24) is 5.01 Å². The minimum Gasteiger partial charge on any atom is -0.496 e. The maximum atomic E-state index is 13.7. The van der Waals surface area contributed by atoms with E-state index >= 15 is 0 Å². The Hall–Kier alpha value is -2.64. The van der Waals surface area contributed by atoms with E-state index in [1.165, 1.54) is 35.0 Å². The van der Waals surface area contributed by atoms with Gasteiger partial charge in [0, 0.05) is 21.2 Å². The summed E-state index contributed by atoms with van der Waals surface area (Å²) in [5, 5.41) is 6.27. The molecule has 1 unspecified atom stereocenters. The predicted molar refractivity (Wildman–Crippen MR) is 117 cm³/mol. The van der Waals surface area contributed by atoms with Gasteiger partial charge in [-0.2, -0.15) is 5.10 Å². The van der Waals surface area contributed by atoms with Gasteiger partial charge in [0.15, 0.2) is 0 Å². The number of carbonyl (C=O) groups is 1. The molecule has 0 aliphatic carbocycles. The summed E-state index contributed by atoms with van der Waals surface area (Å²) in [6, 6.07) is 20.9. The van der Waals surface area contributed by atoms with Gasteiger partial charge in [0.25, 0.3) is 5.91 Å². The van der Waals surface area contributed by atoms with E-state index in [9.17, 15) is 9.18 Å². The topological polar surface area (TPSA) is 41.9 Å². The summed E-state index contributed by atoms with van der Waals surface area (Å²) in [6.45, 7) is 0. The smallest absolute Gasteiger partial charge is 0.275 e. The van der Waals surface area contributed by atoms with Gasteiger partial charge in [-0.05, 0) is 36.4 Å². The van der Waals surface area contributed by atoms with E-state index in [2.05, 4.69) is 21.0 Å². The predicted octanol–water partition coefficient (Wildman–Crippen LogP) is 5.85. The molecule has 3 aromatic rings. The lowest BCUT2D eigenvalue weighted by atomic mass is 10.1. The molecule has 7 heteroatoms. The number of methoxy groups -OCH3 is 1. The Morgan fingerprint density at radius 1 is 1.10 bits per heavy atom. The first-order chi connectivity index (χ1) is 14.1. The minimum atomic E-state index is -0.464. The minimum absolute atomic E-state index is 0.242. The molecule has 3 aromatic carbocycles. The molecule has 1 amide bonds. The Kier molecular flexibility index (Phi) is 5.69. The maximum Gasteiger partial charge on any atom is 0.275 e. The van der Waals surface area contributed by atoms with Gasteiger partial charge in [0.05, 0.1) is 7.11 Å². The molecular weight excluding hydrogens is 455 g/mol. The molecule has 0 aromatic heterocycles. The molecule has 0 fully saturated rings. The number of hydrogen-bond acceptors (Lipinski definition) is 4. The summed E-state index contributed by atoms with van der Waals surface area (Å²) < 4.78 is 20.2. The molecule has 1 atom stereocenters. The van der Waals surface area contributed by atoms with Gasteiger partial charge >= 0.3 is 0 Å². The molecule has 0 radical (unpaired) electrons. The highest BCUT2D eigenvalue weighted by molar-refractivity contribution is 9.10. The fourth-order valence-corrected chi connectivity index (χ4v) is 4.47. The van der Waals surface area contributed by atoms with Crippen molar-refractivity contribution in [3.63, 3.8) is 0 Å². The molecule has 0 saturated heterocycles.